The number of esters is 1. The highest BCUT2D eigenvalue weighted by molar-refractivity contribution is 6.09. The van der Waals surface area contributed by atoms with Gasteiger partial charge in [0.15, 0.2) is 11.5 Å². The average Bonchev–Trinajstić information content (AvgIpc) is 3.44. The van der Waals surface area contributed by atoms with Gasteiger partial charge in [-0.2, -0.15) is 5.10 Å². The Labute approximate surface area is 247 Å². The van der Waals surface area contributed by atoms with Crippen molar-refractivity contribution in [3.05, 3.63) is 94.9 Å². The first-order valence-electron chi connectivity index (χ1n) is 13.8. The topological polar surface area (TPSA) is 138 Å². The lowest BCUT2D eigenvalue weighted by molar-refractivity contribution is -0.153. The van der Waals surface area contributed by atoms with Crippen molar-refractivity contribution in [2.75, 3.05) is 11.1 Å². The van der Waals surface area contributed by atoms with Crippen molar-refractivity contribution in [2.45, 2.75) is 51.7 Å². The van der Waals surface area contributed by atoms with Crippen LogP contribution in [0.5, 0.6) is 0 Å². The number of nitrogens with one attached hydrogen (secondary N) is 1. The number of pyridine rings is 1. The summed E-state index contributed by atoms with van der Waals surface area (Å²) < 4.78 is 21.4. The number of ether oxygens (including phenoxy) is 1. The summed E-state index contributed by atoms with van der Waals surface area (Å²) in [6.07, 6.45) is 1.74. The Morgan fingerprint density at radius 1 is 1.07 bits per heavy atom. The van der Waals surface area contributed by atoms with Gasteiger partial charge in [0.05, 0.1) is 23.9 Å². The molecule has 218 valence electrons. The number of halogens is 1. The van der Waals surface area contributed by atoms with Crippen LogP contribution in [0, 0.1) is 5.82 Å². The zero-order valence-electron chi connectivity index (χ0n) is 24.2. The summed E-state index contributed by atoms with van der Waals surface area (Å²) in [6.45, 7) is 7.37. The fourth-order valence-corrected chi connectivity index (χ4v) is 5.36. The van der Waals surface area contributed by atoms with E-state index >= 15 is 0 Å². The number of anilines is 2. The summed E-state index contributed by atoms with van der Waals surface area (Å²) in [5.41, 5.74) is 8.06. The number of nitrogens with zero attached hydrogens (tertiary/aromatic N) is 5. The van der Waals surface area contributed by atoms with Crippen LogP contribution in [0.15, 0.2) is 66.9 Å². The fourth-order valence-electron chi connectivity index (χ4n) is 5.36. The highest BCUT2D eigenvalue weighted by Crippen LogP contribution is 2.45. The third-order valence-corrected chi connectivity index (χ3v) is 7.42. The van der Waals surface area contributed by atoms with E-state index in [1.165, 1.54) is 6.07 Å². The highest BCUT2D eigenvalue weighted by atomic mass is 19.1. The number of aromatic nitrogens is 5. The van der Waals surface area contributed by atoms with E-state index in [0.29, 0.717) is 33.4 Å². The second kappa shape index (κ2) is 10.3. The van der Waals surface area contributed by atoms with Crippen LogP contribution in [-0.2, 0) is 32.7 Å². The molecule has 1 atom stereocenters. The molecule has 0 aliphatic carbocycles. The molecular weight excluding hydrogens is 549 g/mol. The Morgan fingerprint density at radius 2 is 1.81 bits per heavy atom. The molecule has 3 N–H and O–H groups in total. The second-order valence-corrected chi connectivity index (χ2v) is 11.7. The van der Waals surface area contributed by atoms with E-state index in [-0.39, 0.29) is 48.1 Å². The van der Waals surface area contributed by atoms with Crippen molar-refractivity contribution in [3.63, 3.8) is 0 Å². The van der Waals surface area contributed by atoms with Gasteiger partial charge in [0.1, 0.15) is 34.2 Å². The van der Waals surface area contributed by atoms with Crippen molar-refractivity contribution >= 4 is 34.5 Å². The molecule has 6 rings (SSSR count). The maximum Gasteiger partial charge on any atom is 0.310 e. The number of hydrogen-bond donors (Lipinski definition) is 2. The van der Waals surface area contributed by atoms with Crippen LogP contribution in [0.3, 0.4) is 0 Å². The van der Waals surface area contributed by atoms with Gasteiger partial charge in [-0.1, -0.05) is 42.5 Å². The van der Waals surface area contributed by atoms with Crippen LogP contribution in [0.2, 0.25) is 0 Å². The highest BCUT2D eigenvalue weighted by Gasteiger charge is 2.47. The SMILES string of the molecule is CC(C)(C)OC(=O)Cc1ccc(C2(C)C(=O)Nc3nc(-c4nn(Cc5ccccc5F)c5ncccc45)nc(N)c32)cc1. The Kier molecular flexibility index (Phi) is 6.67. The van der Waals surface area contributed by atoms with Gasteiger partial charge < -0.3 is 15.8 Å². The number of carbonyl (C=O) groups is 2. The monoisotopic (exact) mass is 579 g/mol. The number of rotatable bonds is 6. The van der Waals surface area contributed by atoms with Crippen molar-refractivity contribution in [1.29, 1.82) is 0 Å². The molecule has 3 aromatic heterocycles. The van der Waals surface area contributed by atoms with E-state index in [1.54, 1.807) is 66.3 Å². The summed E-state index contributed by atoms with van der Waals surface area (Å²) in [7, 11) is 0. The molecular formula is C32H30FN7O3. The number of hydrogen-bond acceptors (Lipinski definition) is 8. The molecule has 11 heteroatoms. The van der Waals surface area contributed by atoms with Gasteiger partial charge in [-0.15, -0.1) is 0 Å². The minimum absolute atomic E-state index is 0.109. The van der Waals surface area contributed by atoms with Gasteiger partial charge in [-0.25, -0.2) is 24.0 Å². The van der Waals surface area contributed by atoms with Crippen LogP contribution in [0.1, 0.15) is 49.9 Å². The third kappa shape index (κ3) is 5.07. The maximum atomic E-state index is 14.4. The first kappa shape index (κ1) is 28.0. The Balaban J connectivity index is 1.35. The third-order valence-electron chi connectivity index (χ3n) is 7.42. The van der Waals surface area contributed by atoms with Crippen molar-refractivity contribution in [3.8, 4) is 11.5 Å². The first-order chi connectivity index (χ1) is 20.4. The Bertz CT molecular complexity index is 1900. The molecule has 1 aliphatic rings. The molecule has 43 heavy (non-hydrogen) atoms. The quantitative estimate of drug-likeness (QED) is 0.274. The lowest BCUT2D eigenvalue weighted by atomic mass is 9.77. The second-order valence-electron chi connectivity index (χ2n) is 11.7. The molecule has 0 spiro atoms. The summed E-state index contributed by atoms with van der Waals surface area (Å²) >= 11 is 0. The summed E-state index contributed by atoms with van der Waals surface area (Å²) in [6, 6.07) is 17.3. The maximum absolute atomic E-state index is 14.4. The number of carbonyl (C=O) groups excluding carboxylic acids is 2. The first-order valence-corrected chi connectivity index (χ1v) is 13.8. The van der Waals surface area contributed by atoms with Gasteiger partial charge >= 0.3 is 5.97 Å². The van der Waals surface area contributed by atoms with Gasteiger partial charge in [0.2, 0.25) is 5.91 Å². The smallest absolute Gasteiger partial charge is 0.310 e. The normalized spacial score (nSPS) is 16.3. The van der Waals surface area contributed by atoms with Gasteiger partial charge in [0.25, 0.3) is 0 Å². The Hall–Kier alpha value is -5.19. The number of fused-ring (bicyclic) bond motifs is 2. The van der Waals surface area contributed by atoms with Gasteiger partial charge in [-0.3, -0.25) is 9.59 Å². The molecule has 0 radical (unpaired) electrons. The van der Waals surface area contributed by atoms with Crippen LogP contribution >= 0.6 is 0 Å². The van der Waals surface area contributed by atoms with Crippen LogP contribution < -0.4 is 11.1 Å². The molecule has 0 saturated heterocycles. The van der Waals surface area contributed by atoms with Crippen LogP contribution in [-0.4, -0.2) is 42.2 Å². The van der Waals surface area contributed by atoms with E-state index in [0.717, 1.165) is 5.56 Å². The molecule has 1 amide bonds. The molecule has 1 aliphatic heterocycles. The molecule has 0 saturated carbocycles. The lowest BCUT2D eigenvalue weighted by Gasteiger charge is -2.24. The van der Waals surface area contributed by atoms with Gasteiger partial charge in [-0.05, 0) is 57.0 Å². The largest absolute Gasteiger partial charge is 0.460 e. The van der Waals surface area contributed by atoms with Crippen LogP contribution in [0.25, 0.3) is 22.6 Å². The molecule has 0 bridgehead atoms. The molecule has 10 nitrogen and oxygen atoms in total. The van der Waals surface area contributed by atoms with Crippen LogP contribution in [0.4, 0.5) is 16.0 Å². The van der Waals surface area contributed by atoms with Crippen molar-refractivity contribution in [2.24, 2.45) is 0 Å². The lowest BCUT2D eigenvalue weighted by Crippen LogP contribution is -2.33. The number of nitrogens with two attached hydrogens (primary N) is 1. The minimum Gasteiger partial charge on any atom is -0.460 e. The zero-order valence-corrected chi connectivity index (χ0v) is 24.2. The summed E-state index contributed by atoms with van der Waals surface area (Å²) in [5.74, 6) is -0.370. The average molecular weight is 580 g/mol. The molecule has 2 aromatic carbocycles. The van der Waals surface area contributed by atoms with Gasteiger partial charge in [0, 0.05) is 11.8 Å². The summed E-state index contributed by atoms with van der Waals surface area (Å²) in [5, 5.41) is 8.21. The van der Waals surface area contributed by atoms with E-state index < -0.39 is 11.0 Å². The fraction of sp³-hybridized carbons (Fsp3) is 0.250. The number of benzene rings is 2. The zero-order chi connectivity index (χ0) is 30.5. The van der Waals surface area contributed by atoms with Crippen molar-refractivity contribution < 1.29 is 18.7 Å². The van der Waals surface area contributed by atoms with E-state index in [2.05, 4.69) is 25.4 Å². The summed E-state index contributed by atoms with van der Waals surface area (Å²) in [4.78, 5) is 39.5. The van der Waals surface area contributed by atoms with E-state index in [1.807, 2.05) is 26.8 Å². The number of nitrogen functional groups attached to an aromatic ring is 1. The van der Waals surface area contributed by atoms with E-state index in [4.69, 9.17) is 10.5 Å². The van der Waals surface area contributed by atoms with E-state index in [9.17, 15) is 14.0 Å². The standard InChI is InChI=1S/C32H30FN7O3/c1-31(2,3)43-23(41)16-18-11-13-20(14-12-18)32(4)24-26(34)36-28(37-27(24)38-30(32)42)25-21-9-7-15-35-29(21)40(39-25)17-19-8-5-6-10-22(19)33/h5-15H,16-17H2,1-4H3,(H3,34,36,37,38,42). The molecule has 4 heterocycles. The molecule has 5 aromatic rings. The van der Waals surface area contributed by atoms with Crippen molar-refractivity contribution in [1.82, 2.24) is 24.7 Å². The predicted octanol–water partition coefficient (Wildman–Crippen LogP) is 4.80. The minimum atomic E-state index is -1.17. The number of amides is 1. The molecule has 0 fully saturated rings. The Morgan fingerprint density at radius 3 is 2.53 bits per heavy atom. The predicted molar refractivity (Wildman–Crippen MR) is 160 cm³/mol. The molecule has 1 unspecified atom stereocenters.